The van der Waals surface area contributed by atoms with Gasteiger partial charge in [-0.15, -0.1) is 11.6 Å². The van der Waals surface area contributed by atoms with Gasteiger partial charge in [-0.05, 0) is 41.8 Å². The van der Waals surface area contributed by atoms with E-state index in [2.05, 4.69) is 25.5 Å². The molecule has 3 rings (SSSR count). The Balaban J connectivity index is 2.12. The zero-order valence-corrected chi connectivity index (χ0v) is 13.6. The van der Waals surface area contributed by atoms with Crippen molar-refractivity contribution in [2.75, 3.05) is 7.11 Å². The largest absolute Gasteiger partial charge is 0.381 e. The minimum atomic E-state index is -0.282. The molecule has 1 aliphatic rings. The van der Waals surface area contributed by atoms with Crippen molar-refractivity contribution in [1.82, 2.24) is 9.55 Å². The number of methoxy groups -OCH3 is 1. The van der Waals surface area contributed by atoms with Crippen LogP contribution in [0.4, 0.5) is 4.39 Å². The molecular formula is C14H15BrClFN2O. The molecule has 0 saturated heterocycles. The van der Waals surface area contributed by atoms with Gasteiger partial charge in [0.05, 0.1) is 27.0 Å². The summed E-state index contributed by atoms with van der Waals surface area (Å²) in [5.41, 5.74) is 1.56. The normalized spacial score (nSPS) is 23.9. The summed E-state index contributed by atoms with van der Waals surface area (Å²) in [6.45, 7) is 1.89. The molecule has 6 heteroatoms. The molecule has 1 heterocycles. The van der Waals surface area contributed by atoms with Crippen molar-refractivity contribution >= 4 is 38.6 Å². The number of halogens is 3. The first-order chi connectivity index (χ1) is 9.51. The summed E-state index contributed by atoms with van der Waals surface area (Å²) in [4.78, 5) is 4.56. The summed E-state index contributed by atoms with van der Waals surface area (Å²) < 4.78 is 21.6. The Morgan fingerprint density at radius 3 is 2.80 bits per heavy atom. The van der Waals surface area contributed by atoms with Gasteiger partial charge in [0, 0.05) is 19.2 Å². The molecule has 1 aromatic heterocycles. The predicted octanol–water partition coefficient (Wildman–Crippen LogP) is 4.59. The standard InChI is InChI=1S/C14H15BrClFN2O/c1-7(16)14-18-12-5-10(15)11(17)6-13(12)19(14)8-3-9(4-8)20-2/h5-9H,3-4H2,1-2H3. The molecule has 0 amide bonds. The smallest absolute Gasteiger partial charge is 0.139 e. The molecule has 1 saturated carbocycles. The molecule has 0 spiro atoms. The molecule has 1 aromatic carbocycles. The summed E-state index contributed by atoms with van der Waals surface area (Å²) in [7, 11) is 1.72. The number of imidazole rings is 1. The van der Waals surface area contributed by atoms with E-state index in [1.807, 2.05) is 6.92 Å². The van der Waals surface area contributed by atoms with Crippen molar-refractivity contribution in [3.8, 4) is 0 Å². The highest BCUT2D eigenvalue weighted by Crippen LogP contribution is 2.40. The maximum absolute atomic E-state index is 13.8. The average Bonchev–Trinajstić information content (AvgIpc) is 2.68. The fraction of sp³-hybridized carbons (Fsp3) is 0.500. The first-order valence-corrected chi connectivity index (χ1v) is 7.78. The van der Waals surface area contributed by atoms with Gasteiger partial charge >= 0.3 is 0 Å². The predicted molar refractivity (Wildman–Crippen MR) is 80.7 cm³/mol. The van der Waals surface area contributed by atoms with Crippen LogP contribution in [0.5, 0.6) is 0 Å². The summed E-state index contributed by atoms with van der Waals surface area (Å²) in [5, 5.41) is -0.217. The van der Waals surface area contributed by atoms with Crippen LogP contribution in [0, 0.1) is 5.82 Å². The lowest BCUT2D eigenvalue weighted by molar-refractivity contribution is 0.00657. The van der Waals surface area contributed by atoms with E-state index in [0.29, 0.717) is 4.47 Å². The number of ether oxygens (including phenoxy) is 1. The highest BCUT2D eigenvalue weighted by molar-refractivity contribution is 9.10. The van der Waals surface area contributed by atoms with Gasteiger partial charge in [0.15, 0.2) is 0 Å². The molecule has 1 fully saturated rings. The summed E-state index contributed by atoms with van der Waals surface area (Å²) in [5.74, 6) is 0.508. The molecule has 1 aliphatic carbocycles. The van der Waals surface area contributed by atoms with Gasteiger partial charge in [-0.3, -0.25) is 0 Å². The Morgan fingerprint density at radius 2 is 2.20 bits per heavy atom. The van der Waals surface area contributed by atoms with Gasteiger partial charge in [0.2, 0.25) is 0 Å². The number of rotatable bonds is 3. The Labute approximate surface area is 130 Å². The maximum atomic E-state index is 13.8. The number of alkyl halides is 1. The minimum absolute atomic E-state index is 0.217. The van der Waals surface area contributed by atoms with Gasteiger partial charge in [-0.25, -0.2) is 9.37 Å². The number of benzene rings is 1. The van der Waals surface area contributed by atoms with E-state index in [1.165, 1.54) is 6.07 Å². The fourth-order valence-corrected chi connectivity index (χ4v) is 3.20. The molecule has 0 N–H and O–H groups in total. The lowest BCUT2D eigenvalue weighted by atomic mass is 9.88. The van der Waals surface area contributed by atoms with Gasteiger partial charge in [-0.2, -0.15) is 0 Å². The quantitative estimate of drug-likeness (QED) is 0.748. The fourth-order valence-electron chi connectivity index (χ4n) is 2.71. The lowest BCUT2D eigenvalue weighted by Gasteiger charge is -2.36. The number of aromatic nitrogens is 2. The third kappa shape index (κ3) is 2.26. The molecule has 20 heavy (non-hydrogen) atoms. The average molecular weight is 362 g/mol. The first-order valence-electron chi connectivity index (χ1n) is 6.55. The van der Waals surface area contributed by atoms with Gasteiger partial charge in [0.1, 0.15) is 11.6 Å². The number of fused-ring (bicyclic) bond motifs is 1. The van der Waals surface area contributed by atoms with Crippen LogP contribution in [0.15, 0.2) is 16.6 Å². The zero-order valence-electron chi connectivity index (χ0n) is 11.2. The van der Waals surface area contributed by atoms with E-state index in [9.17, 15) is 4.39 Å². The molecule has 0 radical (unpaired) electrons. The van der Waals surface area contributed by atoms with Crippen LogP contribution in [0.1, 0.15) is 37.0 Å². The molecular weight excluding hydrogens is 347 g/mol. The molecule has 0 bridgehead atoms. The molecule has 108 valence electrons. The number of hydrogen-bond donors (Lipinski definition) is 0. The molecule has 1 unspecified atom stereocenters. The second kappa shape index (κ2) is 5.28. The zero-order chi connectivity index (χ0) is 14.4. The monoisotopic (exact) mass is 360 g/mol. The summed E-state index contributed by atoms with van der Waals surface area (Å²) >= 11 is 9.43. The summed E-state index contributed by atoms with van der Waals surface area (Å²) in [6, 6.07) is 3.51. The second-order valence-electron chi connectivity index (χ2n) is 5.19. The molecule has 0 aliphatic heterocycles. The summed E-state index contributed by atoms with van der Waals surface area (Å²) in [6.07, 6.45) is 2.10. The highest BCUT2D eigenvalue weighted by Gasteiger charge is 2.34. The minimum Gasteiger partial charge on any atom is -0.381 e. The molecule has 2 aromatic rings. The van der Waals surface area contributed by atoms with E-state index < -0.39 is 0 Å². The number of hydrogen-bond acceptors (Lipinski definition) is 2. The third-order valence-corrected chi connectivity index (χ3v) is 4.69. The Bertz CT molecular complexity index is 652. The van der Waals surface area contributed by atoms with Gasteiger partial charge in [-0.1, -0.05) is 0 Å². The van der Waals surface area contributed by atoms with Crippen LogP contribution >= 0.6 is 27.5 Å². The van der Waals surface area contributed by atoms with Crippen LogP contribution in [0.2, 0.25) is 0 Å². The Morgan fingerprint density at radius 1 is 1.50 bits per heavy atom. The number of nitrogens with zero attached hydrogens (tertiary/aromatic N) is 2. The van der Waals surface area contributed by atoms with Crippen LogP contribution < -0.4 is 0 Å². The molecule has 3 nitrogen and oxygen atoms in total. The van der Waals surface area contributed by atoms with Crippen LogP contribution in [-0.4, -0.2) is 22.8 Å². The van der Waals surface area contributed by atoms with E-state index in [-0.39, 0.29) is 23.3 Å². The van der Waals surface area contributed by atoms with E-state index in [4.69, 9.17) is 16.3 Å². The molecule has 1 atom stereocenters. The lowest BCUT2D eigenvalue weighted by Crippen LogP contribution is -2.33. The third-order valence-electron chi connectivity index (χ3n) is 3.88. The highest BCUT2D eigenvalue weighted by atomic mass is 79.9. The van der Waals surface area contributed by atoms with Crippen LogP contribution in [0.3, 0.4) is 0 Å². The Hall–Kier alpha value is -0.650. The topological polar surface area (TPSA) is 27.1 Å². The van der Waals surface area contributed by atoms with Gasteiger partial charge < -0.3 is 9.30 Å². The van der Waals surface area contributed by atoms with Gasteiger partial charge in [0.25, 0.3) is 0 Å². The SMILES string of the molecule is COC1CC(n2c(C(C)Cl)nc3cc(Br)c(F)cc32)C1. The van der Waals surface area contributed by atoms with E-state index in [1.54, 1.807) is 13.2 Å². The Kier molecular flexibility index (Phi) is 3.77. The van der Waals surface area contributed by atoms with E-state index in [0.717, 1.165) is 29.7 Å². The van der Waals surface area contributed by atoms with Crippen molar-refractivity contribution in [2.45, 2.75) is 37.3 Å². The van der Waals surface area contributed by atoms with Crippen LogP contribution in [-0.2, 0) is 4.74 Å². The van der Waals surface area contributed by atoms with E-state index >= 15 is 0 Å². The van der Waals surface area contributed by atoms with Crippen molar-refractivity contribution < 1.29 is 9.13 Å². The maximum Gasteiger partial charge on any atom is 0.139 e. The van der Waals surface area contributed by atoms with Crippen molar-refractivity contribution in [3.05, 3.63) is 28.2 Å². The van der Waals surface area contributed by atoms with Crippen molar-refractivity contribution in [2.24, 2.45) is 0 Å². The van der Waals surface area contributed by atoms with Crippen molar-refractivity contribution in [1.29, 1.82) is 0 Å². The second-order valence-corrected chi connectivity index (χ2v) is 6.70. The van der Waals surface area contributed by atoms with Crippen molar-refractivity contribution in [3.63, 3.8) is 0 Å². The first kappa shape index (κ1) is 14.3. The van der Waals surface area contributed by atoms with Crippen LogP contribution in [0.25, 0.3) is 11.0 Å².